The SMILES string of the molecule is Oc1ccccc1O.[Ti+2].c1ccc2c(c1)-c1nc-2nc2[n-]c(nc3nc(nc4[n-]c(n1)c1ccccc41)-c1ccccc1-3)c1ccccc21. The van der Waals surface area contributed by atoms with Crippen molar-refractivity contribution in [1.82, 2.24) is 39.9 Å². The van der Waals surface area contributed by atoms with Gasteiger partial charge in [-0.3, -0.25) is 0 Å². The van der Waals surface area contributed by atoms with Gasteiger partial charge in [0.15, 0.2) is 11.5 Å². The summed E-state index contributed by atoms with van der Waals surface area (Å²) < 4.78 is 0. The van der Waals surface area contributed by atoms with Gasteiger partial charge in [-0.15, -0.1) is 0 Å². The minimum absolute atomic E-state index is 0. The van der Waals surface area contributed by atoms with Crippen LogP contribution in [0, 0.1) is 0 Å². The zero-order valence-electron chi connectivity index (χ0n) is 25.5. The zero-order chi connectivity index (χ0) is 32.2. The molecule has 8 aromatic rings. The average molecular weight is 671 g/mol. The molecule has 0 amide bonds. The van der Waals surface area contributed by atoms with Crippen molar-refractivity contribution in [2.24, 2.45) is 0 Å². The minimum atomic E-state index is -0.0764. The van der Waals surface area contributed by atoms with Gasteiger partial charge >= 0.3 is 21.7 Å². The Balaban J connectivity index is 0.000000344. The van der Waals surface area contributed by atoms with Gasteiger partial charge in [0.05, 0.1) is 23.3 Å². The molecule has 11 heteroatoms. The largest absolute Gasteiger partial charge is 2.00 e. The van der Waals surface area contributed by atoms with Gasteiger partial charge in [-0.05, 0) is 33.7 Å². The van der Waals surface area contributed by atoms with Crippen LogP contribution in [0.15, 0.2) is 121 Å². The second-order valence-corrected chi connectivity index (χ2v) is 11.2. The first kappa shape index (κ1) is 30.1. The molecule has 8 bridgehead atoms. The topological polar surface area (TPSA) is 146 Å². The van der Waals surface area contributed by atoms with Gasteiger partial charge in [0, 0.05) is 44.8 Å². The normalized spacial score (nSPS) is 11.3. The van der Waals surface area contributed by atoms with E-state index in [-0.39, 0.29) is 33.2 Å². The van der Waals surface area contributed by atoms with Crippen LogP contribution in [0.25, 0.3) is 89.7 Å². The van der Waals surface area contributed by atoms with Crippen LogP contribution in [0.3, 0.4) is 0 Å². The Bertz CT molecular complexity index is 2400. The Hall–Kier alpha value is -6.23. The first-order chi connectivity index (χ1) is 23.6. The molecule has 0 fully saturated rings. The van der Waals surface area contributed by atoms with Crippen molar-refractivity contribution in [2.45, 2.75) is 0 Å². The fourth-order valence-corrected chi connectivity index (χ4v) is 5.92. The van der Waals surface area contributed by atoms with Crippen molar-refractivity contribution in [3.8, 4) is 57.1 Å². The van der Waals surface area contributed by atoms with E-state index in [1.54, 1.807) is 12.1 Å². The van der Waals surface area contributed by atoms with Gasteiger partial charge < -0.3 is 40.1 Å². The van der Waals surface area contributed by atoms with Gasteiger partial charge in [-0.25, -0.2) is 9.97 Å². The maximum atomic E-state index is 8.67. The first-order valence-electron chi connectivity index (χ1n) is 15.2. The van der Waals surface area contributed by atoms with E-state index in [4.69, 9.17) is 50.1 Å². The van der Waals surface area contributed by atoms with Crippen LogP contribution in [0.1, 0.15) is 0 Å². The number of fused-ring (bicyclic) bond motifs is 20. The van der Waals surface area contributed by atoms with Gasteiger partial charge in [-0.2, -0.15) is 0 Å². The quantitative estimate of drug-likeness (QED) is 0.125. The molecular formula is C38H22N8O2Ti. The maximum Gasteiger partial charge on any atom is 2.00 e. The van der Waals surface area contributed by atoms with Gasteiger partial charge in [0.1, 0.15) is 0 Å². The standard InChI is InChI=1S/C32H16N8.C6H6O2.Ti/c1-2-10-18-17(9-1)25-33-26(18)38-28-21-13-5-6-14-22(21)30(35-28)40-32-24-16-8-7-15-23(24)31(36-32)39-29-20-12-4-3-11-19(20)27(34-29)37-25;7-5-3-1-2-4-6(5)8;/h1-16H;1-4,7-8H;/q-2;;+2. The summed E-state index contributed by atoms with van der Waals surface area (Å²) in [5, 5.41) is 20.9. The number of phenolic OH excluding ortho intramolecular Hbond substituents is 2. The summed E-state index contributed by atoms with van der Waals surface area (Å²) in [6.45, 7) is 0. The Kier molecular flexibility index (Phi) is 7.44. The Morgan fingerprint density at radius 2 is 0.571 bits per heavy atom. The third-order valence-corrected chi connectivity index (χ3v) is 8.21. The van der Waals surface area contributed by atoms with E-state index in [1.165, 1.54) is 12.1 Å². The summed E-state index contributed by atoms with van der Waals surface area (Å²) in [5.41, 5.74) is 5.78. The summed E-state index contributed by atoms with van der Waals surface area (Å²) in [7, 11) is 0. The number of aromatic hydroxyl groups is 2. The molecule has 10 nitrogen and oxygen atoms in total. The molecule has 0 saturated heterocycles. The molecule has 2 N–H and O–H groups in total. The number of para-hydroxylation sites is 2. The molecule has 230 valence electrons. The molecular weight excluding hydrogens is 648 g/mol. The maximum absolute atomic E-state index is 8.67. The van der Waals surface area contributed by atoms with E-state index < -0.39 is 0 Å². The van der Waals surface area contributed by atoms with Crippen molar-refractivity contribution < 1.29 is 31.9 Å². The second kappa shape index (κ2) is 12.1. The van der Waals surface area contributed by atoms with Crippen LogP contribution in [0.4, 0.5) is 0 Å². The Morgan fingerprint density at radius 1 is 0.327 bits per heavy atom. The number of hydrogen-bond donors (Lipinski definition) is 2. The van der Waals surface area contributed by atoms with E-state index in [2.05, 4.69) is 0 Å². The van der Waals surface area contributed by atoms with Crippen molar-refractivity contribution in [3.05, 3.63) is 121 Å². The number of aromatic nitrogens is 8. The van der Waals surface area contributed by atoms with Crippen molar-refractivity contribution in [3.63, 3.8) is 0 Å². The minimum Gasteiger partial charge on any atom is -0.504 e. The van der Waals surface area contributed by atoms with Gasteiger partial charge in [0.2, 0.25) is 0 Å². The first-order valence-corrected chi connectivity index (χ1v) is 15.2. The molecule has 0 radical (unpaired) electrons. The predicted octanol–water partition coefficient (Wildman–Crippen LogP) is 7.22. The second-order valence-electron chi connectivity index (χ2n) is 11.2. The number of nitrogens with zero attached hydrogens (tertiary/aromatic N) is 8. The number of hydrogen-bond acceptors (Lipinski definition) is 8. The molecule has 3 aromatic heterocycles. The summed E-state index contributed by atoms with van der Waals surface area (Å²) in [6.07, 6.45) is 0. The molecule has 2 aliphatic heterocycles. The molecule has 0 atom stereocenters. The van der Waals surface area contributed by atoms with E-state index >= 15 is 0 Å². The molecule has 5 aromatic carbocycles. The van der Waals surface area contributed by atoms with Crippen LogP contribution < -0.4 is 9.97 Å². The molecule has 49 heavy (non-hydrogen) atoms. The number of phenols is 2. The van der Waals surface area contributed by atoms with Crippen molar-refractivity contribution in [1.29, 1.82) is 0 Å². The van der Waals surface area contributed by atoms with Crippen molar-refractivity contribution in [2.75, 3.05) is 0 Å². The molecule has 0 saturated carbocycles. The van der Waals surface area contributed by atoms with Crippen LogP contribution in [-0.4, -0.2) is 40.1 Å². The van der Waals surface area contributed by atoms with Gasteiger partial charge in [-0.1, -0.05) is 109 Å². The fourth-order valence-electron chi connectivity index (χ4n) is 5.92. The Labute approximate surface area is 293 Å². The van der Waals surface area contributed by atoms with Crippen LogP contribution in [0.2, 0.25) is 0 Å². The number of benzene rings is 5. The third-order valence-electron chi connectivity index (χ3n) is 8.21. The smallest absolute Gasteiger partial charge is 0.504 e. The summed E-state index contributed by atoms with van der Waals surface area (Å²) in [6, 6.07) is 38.0. The number of rotatable bonds is 0. The Morgan fingerprint density at radius 3 is 0.837 bits per heavy atom. The van der Waals surface area contributed by atoms with E-state index in [9.17, 15) is 0 Å². The third kappa shape index (κ3) is 5.20. The molecule has 0 aliphatic carbocycles. The summed E-state index contributed by atoms with van der Waals surface area (Å²) in [4.78, 5) is 39.3. The van der Waals surface area contributed by atoms with Crippen LogP contribution in [0.5, 0.6) is 11.5 Å². The van der Waals surface area contributed by atoms with E-state index in [0.717, 1.165) is 43.8 Å². The fraction of sp³-hybridized carbons (Fsp3) is 0. The molecule has 2 aliphatic rings. The molecule has 10 rings (SSSR count). The average Bonchev–Trinajstić information content (AvgIpc) is 3.86. The molecule has 5 heterocycles. The summed E-state index contributed by atoms with van der Waals surface area (Å²) in [5.74, 6) is 2.06. The molecule has 0 unspecified atom stereocenters. The van der Waals surface area contributed by atoms with E-state index in [0.29, 0.717) is 45.9 Å². The van der Waals surface area contributed by atoms with Crippen molar-refractivity contribution >= 4 is 44.1 Å². The van der Waals surface area contributed by atoms with E-state index in [1.807, 2.05) is 97.1 Å². The van der Waals surface area contributed by atoms with Crippen LogP contribution >= 0.6 is 0 Å². The summed E-state index contributed by atoms with van der Waals surface area (Å²) >= 11 is 0. The monoisotopic (exact) mass is 670 g/mol. The van der Waals surface area contributed by atoms with Gasteiger partial charge in [0.25, 0.3) is 0 Å². The predicted molar refractivity (Wildman–Crippen MR) is 184 cm³/mol. The molecule has 0 spiro atoms. The van der Waals surface area contributed by atoms with Crippen LogP contribution in [-0.2, 0) is 21.7 Å². The zero-order valence-corrected chi connectivity index (χ0v) is 27.1.